The van der Waals surface area contributed by atoms with Gasteiger partial charge >= 0.3 is 0 Å². The van der Waals surface area contributed by atoms with Crippen LogP contribution in [0, 0.1) is 0 Å². The minimum atomic E-state index is -0.329. The molecule has 0 saturated heterocycles. The van der Waals surface area contributed by atoms with Gasteiger partial charge in [0.05, 0.1) is 0 Å². The highest BCUT2D eigenvalue weighted by Crippen LogP contribution is 2.21. The first-order valence-electron chi connectivity index (χ1n) is 7.83. The number of carbonyl (C=O) groups excluding carboxylic acids is 1. The van der Waals surface area contributed by atoms with Crippen LogP contribution < -0.4 is 4.74 Å². The van der Waals surface area contributed by atoms with Crippen LogP contribution in [0.3, 0.4) is 0 Å². The average Bonchev–Trinajstić information content (AvgIpc) is 2.56. The van der Waals surface area contributed by atoms with Crippen LogP contribution in [0.2, 0.25) is 5.02 Å². The predicted octanol–water partition coefficient (Wildman–Crippen LogP) is 3.48. The molecule has 128 valence electrons. The SMILES string of the molecule is CN(C)C(=O)C(c1ccccc1)N(C)CCOc1cccc(Cl)c1. The Labute approximate surface area is 148 Å². The molecule has 0 aliphatic carbocycles. The van der Waals surface area contributed by atoms with Crippen molar-refractivity contribution in [3.63, 3.8) is 0 Å². The standard InChI is InChI=1S/C19H23ClN2O2/c1-21(2)19(23)18(15-8-5-4-6-9-15)22(3)12-13-24-17-11-7-10-16(20)14-17/h4-11,14,18H,12-13H2,1-3H3. The van der Waals surface area contributed by atoms with Gasteiger partial charge in [0.15, 0.2) is 0 Å². The van der Waals surface area contributed by atoms with Crippen molar-refractivity contribution in [1.82, 2.24) is 9.80 Å². The quantitative estimate of drug-likeness (QED) is 0.769. The van der Waals surface area contributed by atoms with E-state index in [1.54, 1.807) is 25.1 Å². The summed E-state index contributed by atoms with van der Waals surface area (Å²) < 4.78 is 5.73. The Bertz CT molecular complexity index is 661. The van der Waals surface area contributed by atoms with Crippen molar-refractivity contribution in [2.75, 3.05) is 34.3 Å². The van der Waals surface area contributed by atoms with Crippen molar-refractivity contribution in [3.05, 3.63) is 65.2 Å². The van der Waals surface area contributed by atoms with Crippen molar-refractivity contribution in [3.8, 4) is 5.75 Å². The first-order valence-corrected chi connectivity index (χ1v) is 8.21. The van der Waals surface area contributed by atoms with E-state index in [2.05, 4.69) is 0 Å². The lowest BCUT2D eigenvalue weighted by Gasteiger charge is -2.29. The summed E-state index contributed by atoms with van der Waals surface area (Å²) in [6.45, 7) is 1.09. The lowest BCUT2D eigenvalue weighted by Crippen LogP contribution is -2.39. The maximum Gasteiger partial charge on any atom is 0.244 e. The summed E-state index contributed by atoms with van der Waals surface area (Å²) in [5, 5.41) is 0.644. The molecule has 0 aliphatic heterocycles. The number of benzene rings is 2. The molecular formula is C19H23ClN2O2. The number of hydrogen-bond donors (Lipinski definition) is 0. The monoisotopic (exact) mass is 346 g/mol. The normalized spacial score (nSPS) is 12.0. The lowest BCUT2D eigenvalue weighted by molar-refractivity contribution is -0.134. The molecule has 2 aromatic rings. The maximum atomic E-state index is 12.6. The number of hydrogen-bond acceptors (Lipinski definition) is 3. The van der Waals surface area contributed by atoms with Gasteiger partial charge in [0.2, 0.25) is 5.91 Å². The van der Waals surface area contributed by atoms with Crippen molar-refractivity contribution in [2.45, 2.75) is 6.04 Å². The largest absolute Gasteiger partial charge is 0.492 e. The fraction of sp³-hybridized carbons (Fsp3) is 0.316. The van der Waals surface area contributed by atoms with Crippen LogP contribution in [0.15, 0.2) is 54.6 Å². The average molecular weight is 347 g/mol. The third-order valence-electron chi connectivity index (χ3n) is 3.74. The molecule has 0 heterocycles. The summed E-state index contributed by atoms with van der Waals surface area (Å²) in [4.78, 5) is 16.2. The van der Waals surface area contributed by atoms with Gasteiger partial charge in [-0.1, -0.05) is 48.0 Å². The summed E-state index contributed by atoms with van der Waals surface area (Å²) in [5.41, 5.74) is 0.974. The van der Waals surface area contributed by atoms with Crippen LogP contribution in [0.4, 0.5) is 0 Å². The predicted molar refractivity (Wildman–Crippen MR) is 97.5 cm³/mol. The van der Waals surface area contributed by atoms with Crippen LogP contribution >= 0.6 is 11.6 Å². The topological polar surface area (TPSA) is 32.8 Å². The minimum absolute atomic E-state index is 0.0476. The van der Waals surface area contributed by atoms with Gasteiger partial charge in [-0.3, -0.25) is 9.69 Å². The van der Waals surface area contributed by atoms with Crippen LogP contribution in [-0.4, -0.2) is 50.0 Å². The van der Waals surface area contributed by atoms with Gasteiger partial charge in [0.1, 0.15) is 18.4 Å². The summed E-state index contributed by atoms with van der Waals surface area (Å²) >= 11 is 5.95. The van der Waals surface area contributed by atoms with Gasteiger partial charge in [-0.05, 0) is 30.8 Å². The minimum Gasteiger partial charge on any atom is -0.492 e. The van der Waals surface area contributed by atoms with Gasteiger partial charge in [-0.15, -0.1) is 0 Å². The third-order valence-corrected chi connectivity index (χ3v) is 3.97. The summed E-state index contributed by atoms with van der Waals surface area (Å²) in [5.74, 6) is 0.776. The second-order valence-corrected chi connectivity index (χ2v) is 6.27. The second kappa shape index (κ2) is 8.71. The van der Waals surface area contributed by atoms with E-state index >= 15 is 0 Å². The molecule has 0 aromatic heterocycles. The summed E-state index contributed by atoms with van der Waals surface area (Å²) in [6, 6.07) is 16.8. The maximum absolute atomic E-state index is 12.6. The van der Waals surface area contributed by atoms with Crippen molar-refractivity contribution in [2.24, 2.45) is 0 Å². The zero-order valence-electron chi connectivity index (χ0n) is 14.3. The number of nitrogens with zero attached hydrogens (tertiary/aromatic N) is 2. The van der Waals surface area contributed by atoms with E-state index < -0.39 is 0 Å². The first kappa shape index (κ1) is 18.3. The molecule has 1 unspecified atom stereocenters. The second-order valence-electron chi connectivity index (χ2n) is 5.83. The van der Waals surface area contributed by atoms with Crippen LogP contribution in [0.1, 0.15) is 11.6 Å². The zero-order chi connectivity index (χ0) is 17.5. The van der Waals surface area contributed by atoms with Crippen molar-refractivity contribution < 1.29 is 9.53 Å². The third kappa shape index (κ3) is 4.98. The van der Waals surface area contributed by atoms with Gasteiger partial charge < -0.3 is 9.64 Å². The highest BCUT2D eigenvalue weighted by atomic mass is 35.5. The van der Waals surface area contributed by atoms with E-state index in [0.29, 0.717) is 18.2 Å². The van der Waals surface area contributed by atoms with E-state index in [-0.39, 0.29) is 11.9 Å². The molecule has 0 N–H and O–H groups in total. The lowest BCUT2D eigenvalue weighted by atomic mass is 10.0. The highest BCUT2D eigenvalue weighted by Gasteiger charge is 2.26. The molecule has 24 heavy (non-hydrogen) atoms. The molecular weight excluding hydrogens is 324 g/mol. The van der Waals surface area contributed by atoms with Crippen molar-refractivity contribution in [1.29, 1.82) is 0 Å². The Kier molecular flexibility index (Phi) is 6.64. The van der Waals surface area contributed by atoms with Crippen LogP contribution in [-0.2, 0) is 4.79 Å². The molecule has 0 aliphatic rings. The number of halogens is 1. The van der Waals surface area contributed by atoms with Gasteiger partial charge in [0, 0.05) is 25.7 Å². The fourth-order valence-electron chi connectivity index (χ4n) is 2.46. The number of likely N-dealkylation sites (N-methyl/N-ethyl adjacent to an activating group) is 2. The number of amides is 1. The molecule has 0 spiro atoms. The number of rotatable bonds is 7. The molecule has 1 amide bonds. The van der Waals surface area contributed by atoms with Gasteiger partial charge in [-0.25, -0.2) is 0 Å². The smallest absolute Gasteiger partial charge is 0.244 e. The Hall–Kier alpha value is -2.04. The Balaban J connectivity index is 2.02. The Morgan fingerprint density at radius 2 is 1.79 bits per heavy atom. The molecule has 0 saturated carbocycles. The van der Waals surface area contributed by atoms with E-state index in [9.17, 15) is 4.79 Å². The molecule has 2 aromatic carbocycles. The molecule has 0 fully saturated rings. The Morgan fingerprint density at radius 1 is 1.08 bits per heavy atom. The number of carbonyl (C=O) groups is 1. The van der Waals surface area contributed by atoms with Crippen LogP contribution in [0.25, 0.3) is 0 Å². The van der Waals surface area contributed by atoms with Crippen LogP contribution in [0.5, 0.6) is 5.75 Å². The highest BCUT2D eigenvalue weighted by molar-refractivity contribution is 6.30. The van der Waals surface area contributed by atoms with E-state index in [4.69, 9.17) is 16.3 Å². The summed E-state index contributed by atoms with van der Waals surface area (Å²) in [6.07, 6.45) is 0. The van der Waals surface area contributed by atoms with E-state index in [1.807, 2.05) is 60.5 Å². The molecule has 5 heteroatoms. The van der Waals surface area contributed by atoms with Gasteiger partial charge in [-0.2, -0.15) is 0 Å². The molecule has 0 bridgehead atoms. The van der Waals surface area contributed by atoms with E-state index in [1.165, 1.54) is 0 Å². The Morgan fingerprint density at radius 3 is 2.42 bits per heavy atom. The molecule has 0 radical (unpaired) electrons. The first-order chi connectivity index (χ1) is 11.5. The molecule has 1 atom stereocenters. The van der Waals surface area contributed by atoms with Gasteiger partial charge in [0.25, 0.3) is 0 Å². The summed E-state index contributed by atoms with van der Waals surface area (Å²) in [7, 11) is 5.48. The zero-order valence-corrected chi connectivity index (χ0v) is 15.0. The fourth-order valence-corrected chi connectivity index (χ4v) is 2.64. The molecule has 2 rings (SSSR count). The van der Waals surface area contributed by atoms with E-state index in [0.717, 1.165) is 11.3 Å². The number of ether oxygens (including phenoxy) is 1. The van der Waals surface area contributed by atoms with Crippen molar-refractivity contribution >= 4 is 17.5 Å². The molecule has 4 nitrogen and oxygen atoms in total.